The van der Waals surface area contributed by atoms with Gasteiger partial charge in [-0.25, -0.2) is 18.3 Å². The molecule has 13 heteroatoms. The van der Waals surface area contributed by atoms with Crippen LogP contribution in [0.15, 0.2) is 48.9 Å². The Morgan fingerprint density at radius 3 is 2.34 bits per heavy atom. The fourth-order valence-electron chi connectivity index (χ4n) is 4.09. The minimum absolute atomic E-state index is 0.188. The van der Waals surface area contributed by atoms with Crippen LogP contribution in [-0.2, 0) is 10.0 Å². The van der Waals surface area contributed by atoms with Crippen LogP contribution < -0.4 is 10.5 Å². The molecule has 0 saturated carbocycles. The number of ether oxygens (including phenoxy) is 1. The Morgan fingerprint density at radius 2 is 1.77 bits per heavy atom. The van der Waals surface area contributed by atoms with Crippen molar-refractivity contribution in [3.63, 3.8) is 0 Å². The van der Waals surface area contributed by atoms with E-state index in [1.807, 2.05) is 32.9 Å². The third-order valence-electron chi connectivity index (χ3n) is 5.82. The first-order valence-corrected chi connectivity index (χ1v) is 12.5. The maximum absolute atomic E-state index is 13.6. The number of likely N-dealkylation sites (N-methyl/N-ethyl adjacent to an activating group) is 1. The zero-order valence-corrected chi connectivity index (χ0v) is 21.8. The van der Waals surface area contributed by atoms with Crippen molar-refractivity contribution in [1.82, 2.24) is 14.5 Å². The number of aromatic nitrogens is 2. The minimum atomic E-state index is -5.12. The quantitative estimate of drug-likeness (QED) is 0.418. The van der Waals surface area contributed by atoms with E-state index in [0.717, 1.165) is 38.7 Å². The molecule has 0 radical (unpaired) electrons. The molecule has 0 aliphatic rings. The van der Waals surface area contributed by atoms with E-state index in [4.69, 9.17) is 4.42 Å². The van der Waals surface area contributed by atoms with Crippen molar-refractivity contribution >= 4 is 26.0 Å². The van der Waals surface area contributed by atoms with Crippen molar-refractivity contribution in [3.05, 3.63) is 73.5 Å². The second-order valence-electron chi connectivity index (χ2n) is 8.08. The van der Waals surface area contributed by atoms with Crippen LogP contribution in [0.5, 0.6) is 5.75 Å². The van der Waals surface area contributed by atoms with Gasteiger partial charge in [0.15, 0.2) is 5.75 Å². The lowest BCUT2D eigenvalue weighted by molar-refractivity contribution is -0.275. The van der Waals surface area contributed by atoms with Gasteiger partial charge in [-0.3, -0.25) is 0 Å². The molecule has 0 fully saturated rings. The Morgan fingerprint density at radius 1 is 1.14 bits per heavy atom. The van der Waals surface area contributed by atoms with Crippen molar-refractivity contribution in [1.29, 1.82) is 0 Å². The maximum Gasteiger partial charge on any atom is 0.573 e. The van der Waals surface area contributed by atoms with E-state index in [-0.39, 0.29) is 10.4 Å². The Bertz CT molecular complexity index is 1400. The molecule has 0 amide bonds. The van der Waals surface area contributed by atoms with Gasteiger partial charge in [-0.2, -0.15) is 4.31 Å². The molecular formula is C22H23BrF3N3O5S. The molecule has 0 spiro atoms. The van der Waals surface area contributed by atoms with Crippen LogP contribution in [0.3, 0.4) is 0 Å². The highest BCUT2D eigenvalue weighted by atomic mass is 79.9. The van der Waals surface area contributed by atoms with Crippen molar-refractivity contribution in [2.24, 2.45) is 0 Å². The van der Waals surface area contributed by atoms with Gasteiger partial charge in [0, 0.05) is 17.4 Å². The van der Waals surface area contributed by atoms with Gasteiger partial charge in [0.05, 0.1) is 0 Å². The van der Waals surface area contributed by atoms with Gasteiger partial charge in [-0.05, 0) is 61.2 Å². The van der Waals surface area contributed by atoms with E-state index in [1.54, 1.807) is 6.92 Å². The van der Waals surface area contributed by atoms with E-state index in [9.17, 15) is 26.4 Å². The summed E-state index contributed by atoms with van der Waals surface area (Å²) in [7, 11) is -3.43. The van der Waals surface area contributed by atoms with E-state index in [1.165, 1.54) is 13.1 Å². The third kappa shape index (κ3) is 5.62. The number of halogens is 4. The normalized spacial score (nSPS) is 14.2. The summed E-state index contributed by atoms with van der Waals surface area (Å²) in [6.07, 6.45) is -5.12. The van der Waals surface area contributed by atoms with Crippen molar-refractivity contribution in [2.45, 2.75) is 50.9 Å². The first-order valence-electron chi connectivity index (χ1n) is 10.3. The van der Waals surface area contributed by atoms with Crippen LogP contribution in [0, 0.1) is 20.8 Å². The molecule has 3 aromatic rings. The van der Waals surface area contributed by atoms with E-state index < -0.39 is 44.7 Å². The molecule has 35 heavy (non-hydrogen) atoms. The Labute approximate surface area is 208 Å². The molecule has 1 heterocycles. The molecule has 0 saturated heterocycles. The van der Waals surface area contributed by atoms with Crippen LogP contribution in [0.2, 0.25) is 0 Å². The van der Waals surface area contributed by atoms with Gasteiger partial charge in [-0.1, -0.05) is 35.0 Å². The predicted molar refractivity (Wildman–Crippen MR) is 125 cm³/mol. The zero-order valence-electron chi connectivity index (χ0n) is 19.4. The molecule has 2 aromatic carbocycles. The van der Waals surface area contributed by atoms with Crippen LogP contribution in [0.25, 0.3) is 0 Å². The average molecular weight is 578 g/mol. The first kappa shape index (κ1) is 27.0. The number of nitrogens with zero attached hydrogens (tertiary/aromatic N) is 2. The van der Waals surface area contributed by atoms with E-state index >= 15 is 0 Å². The van der Waals surface area contributed by atoms with E-state index in [2.05, 4.69) is 30.9 Å². The molecule has 2 atom stereocenters. The van der Waals surface area contributed by atoms with Gasteiger partial charge in [-0.15, -0.1) is 18.3 Å². The predicted octanol–water partition coefficient (Wildman–Crippen LogP) is 5.11. The lowest BCUT2D eigenvalue weighted by atomic mass is 9.85. The Kier molecular flexibility index (Phi) is 7.53. The number of hydrogen-bond donors (Lipinski definition) is 1. The fraction of sp³-hybridized carbons (Fsp3) is 0.364. The number of rotatable bonds is 7. The number of alkyl halides is 3. The van der Waals surface area contributed by atoms with E-state index in [0.29, 0.717) is 0 Å². The smallest absolute Gasteiger partial charge is 0.404 e. The van der Waals surface area contributed by atoms with Gasteiger partial charge in [0.2, 0.25) is 15.9 Å². The summed E-state index contributed by atoms with van der Waals surface area (Å²) in [6.45, 7) is 7.37. The van der Waals surface area contributed by atoms with Crippen LogP contribution in [-0.4, -0.2) is 36.3 Å². The van der Waals surface area contributed by atoms with Crippen LogP contribution in [0.1, 0.15) is 47.0 Å². The van der Waals surface area contributed by atoms with Gasteiger partial charge in [0.25, 0.3) is 0 Å². The molecule has 0 aliphatic carbocycles. The number of H-pyrrole nitrogens is 1. The van der Waals surface area contributed by atoms with Crippen LogP contribution in [0.4, 0.5) is 13.2 Å². The fourth-order valence-corrected chi connectivity index (χ4v) is 5.90. The minimum Gasteiger partial charge on any atom is -0.404 e. The number of nitrogens with one attached hydrogen (secondary N) is 1. The van der Waals surface area contributed by atoms with Crippen molar-refractivity contribution < 1.29 is 30.7 Å². The zero-order chi connectivity index (χ0) is 26.3. The molecule has 0 bridgehead atoms. The monoisotopic (exact) mass is 577 g/mol. The number of benzene rings is 2. The average Bonchev–Trinajstić information content (AvgIpc) is 3.15. The van der Waals surface area contributed by atoms with Crippen LogP contribution >= 0.6 is 15.9 Å². The molecule has 190 valence electrons. The summed E-state index contributed by atoms with van der Waals surface area (Å²) in [5.41, 5.74) is 3.51. The Balaban J connectivity index is 2.20. The summed E-state index contributed by atoms with van der Waals surface area (Å²) in [6, 6.07) is 5.82. The van der Waals surface area contributed by atoms with Crippen molar-refractivity contribution in [2.75, 3.05) is 7.05 Å². The van der Waals surface area contributed by atoms with Gasteiger partial charge >= 0.3 is 12.1 Å². The summed E-state index contributed by atoms with van der Waals surface area (Å²) in [5.74, 6) is -2.64. The maximum atomic E-state index is 13.6. The summed E-state index contributed by atoms with van der Waals surface area (Å²) in [5, 5.41) is 5.96. The summed E-state index contributed by atoms with van der Waals surface area (Å²) >= 11 is 3.03. The molecule has 0 aliphatic heterocycles. The largest absolute Gasteiger partial charge is 0.573 e. The second-order valence-corrected chi connectivity index (χ2v) is 11.0. The lowest BCUT2D eigenvalue weighted by Gasteiger charge is -2.32. The summed E-state index contributed by atoms with van der Waals surface area (Å²) in [4.78, 5) is 11.0. The second kappa shape index (κ2) is 9.78. The molecule has 1 aromatic heterocycles. The highest BCUT2D eigenvalue weighted by Crippen LogP contribution is 2.42. The third-order valence-corrected chi connectivity index (χ3v) is 8.19. The lowest BCUT2D eigenvalue weighted by Crippen LogP contribution is -2.35. The number of aromatic amines is 1. The highest BCUT2D eigenvalue weighted by molar-refractivity contribution is 9.10. The van der Waals surface area contributed by atoms with Crippen molar-refractivity contribution in [3.8, 4) is 5.75 Å². The highest BCUT2D eigenvalue weighted by Gasteiger charge is 2.41. The number of sulfonamides is 1. The topological polar surface area (TPSA) is 106 Å². The molecule has 3 rings (SSSR count). The standard InChI is InChI=1S/C22H23BrF3N3O5S/c1-11-6-7-12(2)18(13(11)3)14(4)19(20-27-28-21(30)33-20)29(5)35(31,32)17-9-8-15(23)10-16(17)34-22(24,25)26/h6-10,14,19H,1-5H3,(H,28,30). The van der Waals surface area contributed by atoms with Gasteiger partial charge in [0.1, 0.15) is 10.9 Å². The SMILES string of the molecule is Cc1ccc(C)c(C(C)C(c2n[nH]c(=O)o2)N(C)S(=O)(=O)c2ccc(Br)cc2OC(F)(F)F)c1C. The molecule has 8 nitrogen and oxygen atoms in total. The Hall–Kier alpha value is -2.64. The number of aryl methyl sites for hydroxylation is 2. The summed E-state index contributed by atoms with van der Waals surface area (Å²) < 4.78 is 76.6. The molecule has 1 N–H and O–H groups in total. The molecular weight excluding hydrogens is 555 g/mol. The number of hydrogen-bond acceptors (Lipinski definition) is 6. The first-order chi connectivity index (χ1) is 16.1. The van der Waals surface area contributed by atoms with Gasteiger partial charge < -0.3 is 9.15 Å². The molecule has 2 unspecified atom stereocenters.